The summed E-state index contributed by atoms with van der Waals surface area (Å²) in [6.07, 6.45) is 4.87. The summed E-state index contributed by atoms with van der Waals surface area (Å²) in [6.45, 7) is 2.17. The van der Waals surface area contributed by atoms with Crippen LogP contribution in [0.25, 0.3) is 0 Å². The van der Waals surface area contributed by atoms with E-state index in [2.05, 4.69) is 0 Å². The number of hydrogen-bond donors (Lipinski definition) is 3. The van der Waals surface area contributed by atoms with Crippen molar-refractivity contribution in [3.63, 3.8) is 0 Å². The zero-order valence-corrected chi connectivity index (χ0v) is 18.6. The van der Waals surface area contributed by atoms with Crippen molar-refractivity contribution in [1.82, 2.24) is 4.90 Å². The molecule has 1 aliphatic heterocycles. The lowest BCUT2D eigenvalue weighted by Gasteiger charge is -2.41. The standard InChI is InChI=1S/C23H31NO6S/c1-14(11-19(26)21(28)13-15-7-8-18(25)20(27)12-15)22(29)24-10-9-17(24)23(30)31-16-5-3-2-4-6-16/h7-8,12,14,16-17,21,25,27-28H,2-6,9-11,13H2,1H3. The zero-order valence-electron chi connectivity index (χ0n) is 17.8. The summed E-state index contributed by atoms with van der Waals surface area (Å²) in [5.74, 6) is -1.90. The van der Waals surface area contributed by atoms with Gasteiger partial charge in [0.1, 0.15) is 12.1 Å². The van der Waals surface area contributed by atoms with Gasteiger partial charge in [0.2, 0.25) is 11.0 Å². The van der Waals surface area contributed by atoms with Crippen molar-refractivity contribution < 1.29 is 29.7 Å². The van der Waals surface area contributed by atoms with Gasteiger partial charge in [-0.1, -0.05) is 44.0 Å². The average molecular weight is 450 g/mol. The number of likely N-dealkylation sites (tertiary alicyclic amines) is 1. The number of Topliss-reactive ketones (excluding diaryl/α,β-unsaturated/α-hetero) is 1. The van der Waals surface area contributed by atoms with E-state index in [1.807, 2.05) is 0 Å². The molecule has 3 rings (SSSR count). The molecule has 7 nitrogen and oxygen atoms in total. The Morgan fingerprint density at radius 1 is 1.10 bits per heavy atom. The Bertz CT molecular complexity index is 822. The number of amides is 1. The molecule has 1 aromatic rings. The predicted octanol–water partition coefficient (Wildman–Crippen LogP) is 2.79. The maximum Gasteiger partial charge on any atom is 0.226 e. The van der Waals surface area contributed by atoms with Gasteiger partial charge in [0.15, 0.2) is 17.3 Å². The first-order chi connectivity index (χ1) is 14.8. The van der Waals surface area contributed by atoms with Gasteiger partial charge in [-0.25, -0.2) is 0 Å². The minimum Gasteiger partial charge on any atom is -0.504 e. The number of nitrogens with zero attached hydrogens (tertiary/aromatic N) is 1. The minimum atomic E-state index is -1.31. The number of thioether (sulfide) groups is 1. The highest BCUT2D eigenvalue weighted by molar-refractivity contribution is 8.14. The Morgan fingerprint density at radius 3 is 2.42 bits per heavy atom. The molecule has 1 saturated carbocycles. The normalized spacial score (nSPS) is 21.2. The van der Waals surface area contributed by atoms with Gasteiger partial charge in [-0.3, -0.25) is 14.4 Å². The van der Waals surface area contributed by atoms with E-state index >= 15 is 0 Å². The molecule has 1 aliphatic carbocycles. The van der Waals surface area contributed by atoms with Gasteiger partial charge in [0, 0.05) is 30.6 Å². The molecule has 3 atom stereocenters. The minimum absolute atomic E-state index is 0.0174. The van der Waals surface area contributed by atoms with Crippen LogP contribution in [0, 0.1) is 5.92 Å². The van der Waals surface area contributed by atoms with E-state index < -0.39 is 23.8 Å². The lowest BCUT2D eigenvalue weighted by Crippen LogP contribution is -2.56. The van der Waals surface area contributed by atoms with Crippen molar-refractivity contribution in [2.24, 2.45) is 5.92 Å². The highest BCUT2D eigenvalue weighted by Crippen LogP contribution is 2.33. The zero-order chi connectivity index (χ0) is 22.5. The number of hydrogen-bond acceptors (Lipinski definition) is 7. The van der Waals surface area contributed by atoms with Crippen molar-refractivity contribution >= 4 is 28.6 Å². The van der Waals surface area contributed by atoms with E-state index in [1.165, 1.54) is 36.4 Å². The van der Waals surface area contributed by atoms with Crippen molar-refractivity contribution in [1.29, 1.82) is 0 Å². The number of phenols is 2. The third-order valence-electron chi connectivity index (χ3n) is 6.18. The molecule has 2 aliphatic rings. The highest BCUT2D eigenvalue weighted by Gasteiger charge is 2.40. The van der Waals surface area contributed by atoms with Gasteiger partial charge in [-0.2, -0.15) is 0 Å². The number of aliphatic hydroxyl groups is 1. The lowest BCUT2D eigenvalue weighted by molar-refractivity contribution is -0.148. The number of rotatable bonds is 8. The Labute approximate surface area is 186 Å². The SMILES string of the molecule is CC(CC(=O)C(O)Cc1ccc(O)c(O)c1)C(=O)N1CCC1C(=O)SC1CCCCC1. The summed E-state index contributed by atoms with van der Waals surface area (Å²) in [4.78, 5) is 39.4. The van der Waals surface area contributed by atoms with Gasteiger partial charge in [-0.15, -0.1) is 0 Å². The first-order valence-corrected chi connectivity index (χ1v) is 11.9. The van der Waals surface area contributed by atoms with E-state index in [-0.39, 0.29) is 35.4 Å². The second-order valence-electron chi connectivity index (χ2n) is 8.65. The van der Waals surface area contributed by atoms with E-state index in [0.717, 1.165) is 25.7 Å². The number of carbonyl (C=O) groups is 3. The smallest absolute Gasteiger partial charge is 0.226 e. The maximum absolute atomic E-state index is 12.8. The van der Waals surface area contributed by atoms with Crippen molar-refractivity contribution in [2.45, 2.75) is 75.7 Å². The van der Waals surface area contributed by atoms with Crippen LogP contribution in [0.15, 0.2) is 18.2 Å². The van der Waals surface area contributed by atoms with Crippen molar-refractivity contribution in [3.8, 4) is 11.5 Å². The first-order valence-electron chi connectivity index (χ1n) is 11.0. The van der Waals surface area contributed by atoms with Gasteiger partial charge >= 0.3 is 0 Å². The molecule has 1 amide bonds. The van der Waals surface area contributed by atoms with Crippen LogP contribution >= 0.6 is 11.8 Å². The molecule has 170 valence electrons. The van der Waals surface area contributed by atoms with E-state index in [1.54, 1.807) is 11.8 Å². The molecule has 1 heterocycles. The summed E-state index contributed by atoms with van der Waals surface area (Å²) < 4.78 is 0. The second-order valence-corrected chi connectivity index (χ2v) is 9.95. The molecule has 0 bridgehead atoms. The maximum atomic E-state index is 12.8. The Kier molecular flexibility index (Phi) is 8.00. The quantitative estimate of drug-likeness (QED) is 0.523. The van der Waals surface area contributed by atoms with Gasteiger partial charge < -0.3 is 20.2 Å². The van der Waals surface area contributed by atoms with Gasteiger partial charge in [-0.05, 0) is 37.0 Å². The topological polar surface area (TPSA) is 115 Å². The molecule has 0 radical (unpaired) electrons. The number of benzene rings is 1. The lowest BCUT2D eigenvalue weighted by atomic mass is 9.94. The fraction of sp³-hybridized carbons (Fsp3) is 0.609. The van der Waals surface area contributed by atoms with E-state index in [0.29, 0.717) is 23.8 Å². The number of carbonyl (C=O) groups excluding carboxylic acids is 3. The van der Waals surface area contributed by atoms with Crippen LogP contribution in [-0.2, 0) is 20.8 Å². The molecule has 1 saturated heterocycles. The fourth-order valence-corrected chi connectivity index (χ4v) is 5.46. The second kappa shape index (κ2) is 10.5. The molecule has 0 aromatic heterocycles. The number of aromatic hydroxyl groups is 2. The molecule has 0 spiro atoms. The molecule has 31 heavy (non-hydrogen) atoms. The average Bonchev–Trinajstić information content (AvgIpc) is 2.70. The summed E-state index contributed by atoms with van der Waals surface area (Å²) in [5.41, 5.74) is 0.503. The molecule has 2 fully saturated rings. The van der Waals surface area contributed by atoms with E-state index in [9.17, 15) is 29.7 Å². The fourth-order valence-electron chi connectivity index (χ4n) is 4.16. The molecule has 1 aromatic carbocycles. The Balaban J connectivity index is 1.49. The van der Waals surface area contributed by atoms with Crippen LogP contribution in [0.2, 0.25) is 0 Å². The van der Waals surface area contributed by atoms with Crippen molar-refractivity contribution in [2.75, 3.05) is 6.54 Å². The van der Waals surface area contributed by atoms with Crippen LogP contribution < -0.4 is 0 Å². The van der Waals surface area contributed by atoms with Gasteiger partial charge in [0.25, 0.3) is 0 Å². The third-order valence-corrected chi connectivity index (χ3v) is 7.49. The molecule has 3 N–H and O–H groups in total. The monoisotopic (exact) mass is 449 g/mol. The summed E-state index contributed by atoms with van der Waals surface area (Å²) >= 11 is 1.38. The Morgan fingerprint density at radius 2 is 1.81 bits per heavy atom. The van der Waals surface area contributed by atoms with E-state index in [4.69, 9.17) is 0 Å². The Hall–Kier alpha value is -2.06. The molecular weight excluding hydrogens is 418 g/mol. The molecule has 3 unspecified atom stereocenters. The van der Waals surface area contributed by atoms with Crippen LogP contribution in [0.4, 0.5) is 0 Å². The third kappa shape index (κ3) is 6.01. The number of phenolic OH excluding ortho intramolecular Hbond substituents is 2. The predicted molar refractivity (Wildman–Crippen MR) is 118 cm³/mol. The number of aliphatic hydroxyl groups excluding tert-OH is 1. The van der Waals surface area contributed by atoms with Crippen molar-refractivity contribution in [3.05, 3.63) is 23.8 Å². The highest BCUT2D eigenvalue weighted by atomic mass is 32.2. The summed E-state index contributed by atoms with van der Waals surface area (Å²) in [6, 6.07) is 3.70. The van der Waals surface area contributed by atoms with Crippen LogP contribution in [-0.4, -0.2) is 61.0 Å². The van der Waals surface area contributed by atoms with Crippen LogP contribution in [0.3, 0.4) is 0 Å². The van der Waals surface area contributed by atoms with Crippen LogP contribution in [0.1, 0.15) is 57.4 Å². The molecule has 8 heteroatoms. The van der Waals surface area contributed by atoms with Gasteiger partial charge in [0.05, 0.1) is 0 Å². The first kappa shape index (κ1) is 23.6. The summed E-state index contributed by atoms with van der Waals surface area (Å²) in [7, 11) is 0. The van der Waals surface area contributed by atoms with Crippen LogP contribution in [0.5, 0.6) is 11.5 Å². The number of ketones is 1. The molecular formula is C23H31NO6S. The summed E-state index contributed by atoms with van der Waals surface area (Å²) in [5, 5.41) is 29.5. The largest absolute Gasteiger partial charge is 0.504 e.